The van der Waals surface area contributed by atoms with E-state index in [-0.39, 0.29) is 11.6 Å². The lowest BCUT2D eigenvalue weighted by molar-refractivity contribution is 0.345. The molecular formula is C16H20N6O3S2. The lowest BCUT2D eigenvalue weighted by atomic mass is 10.2. The molecule has 3 aromatic rings. The van der Waals surface area contributed by atoms with Gasteiger partial charge in [0.15, 0.2) is 10.9 Å². The van der Waals surface area contributed by atoms with Crippen LogP contribution in [0.15, 0.2) is 22.1 Å². The van der Waals surface area contributed by atoms with Gasteiger partial charge in [-0.05, 0) is 26.7 Å². The van der Waals surface area contributed by atoms with Crippen LogP contribution in [0.4, 0.5) is 0 Å². The van der Waals surface area contributed by atoms with Crippen molar-refractivity contribution >= 4 is 21.4 Å². The lowest BCUT2D eigenvalue weighted by Crippen LogP contribution is -2.35. The van der Waals surface area contributed by atoms with Crippen LogP contribution < -0.4 is 0 Å². The number of piperidine rings is 1. The molecule has 0 saturated carbocycles. The van der Waals surface area contributed by atoms with Gasteiger partial charge in [0.25, 0.3) is 15.9 Å². The van der Waals surface area contributed by atoms with Crippen molar-refractivity contribution in [3.8, 4) is 10.8 Å². The van der Waals surface area contributed by atoms with Gasteiger partial charge >= 0.3 is 0 Å². The molecule has 11 heteroatoms. The molecule has 1 saturated heterocycles. The summed E-state index contributed by atoms with van der Waals surface area (Å²) in [6.45, 7) is 5.21. The van der Waals surface area contributed by atoms with E-state index in [1.807, 2.05) is 13.8 Å². The largest absolute Gasteiger partial charge is 0.333 e. The third-order valence-corrected chi connectivity index (χ3v) is 7.26. The molecule has 27 heavy (non-hydrogen) atoms. The lowest BCUT2D eigenvalue weighted by Gasteiger charge is -2.24. The quantitative estimate of drug-likeness (QED) is 0.637. The van der Waals surface area contributed by atoms with Crippen LogP contribution in [0.25, 0.3) is 10.8 Å². The second-order valence-electron chi connectivity index (χ2n) is 6.51. The van der Waals surface area contributed by atoms with Gasteiger partial charge in [0.2, 0.25) is 0 Å². The minimum atomic E-state index is -3.54. The first-order valence-corrected chi connectivity index (χ1v) is 11.0. The smallest absolute Gasteiger partial charge is 0.269 e. The summed E-state index contributed by atoms with van der Waals surface area (Å²) in [5, 5.41) is 4.98. The first-order chi connectivity index (χ1) is 12.9. The third kappa shape index (κ3) is 3.66. The van der Waals surface area contributed by atoms with Gasteiger partial charge in [-0.25, -0.2) is 18.4 Å². The average Bonchev–Trinajstić information content (AvgIpc) is 3.37. The van der Waals surface area contributed by atoms with Gasteiger partial charge < -0.3 is 9.09 Å². The Morgan fingerprint density at radius 1 is 1.19 bits per heavy atom. The highest BCUT2D eigenvalue weighted by Gasteiger charge is 2.28. The number of imidazole rings is 1. The van der Waals surface area contributed by atoms with E-state index in [1.54, 1.807) is 4.57 Å². The van der Waals surface area contributed by atoms with Crippen LogP contribution in [0.1, 0.15) is 35.8 Å². The number of aryl methyl sites for hydroxylation is 2. The van der Waals surface area contributed by atoms with Crippen LogP contribution >= 0.6 is 11.3 Å². The number of nitrogens with zero attached hydrogens (tertiary/aromatic N) is 6. The van der Waals surface area contributed by atoms with Gasteiger partial charge in [0.1, 0.15) is 4.88 Å². The van der Waals surface area contributed by atoms with Crippen LogP contribution in [0, 0.1) is 13.8 Å². The minimum Gasteiger partial charge on any atom is -0.333 e. The Hall–Kier alpha value is -2.11. The summed E-state index contributed by atoms with van der Waals surface area (Å²) in [4.78, 5) is 13.7. The zero-order valence-corrected chi connectivity index (χ0v) is 16.8. The molecule has 3 aromatic heterocycles. The Labute approximate surface area is 161 Å². The van der Waals surface area contributed by atoms with E-state index in [1.165, 1.54) is 28.2 Å². The van der Waals surface area contributed by atoms with Crippen LogP contribution in [-0.2, 0) is 16.6 Å². The molecule has 0 spiro atoms. The van der Waals surface area contributed by atoms with E-state index in [2.05, 4.69) is 20.1 Å². The summed E-state index contributed by atoms with van der Waals surface area (Å²) in [5.41, 5.74) is 0.852. The Morgan fingerprint density at radius 3 is 2.67 bits per heavy atom. The summed E-state index contributed by atoms with van der Waals surface area (Å²) in [6.07, 6.45) is 5.85. The van der Waals surface area contributed by atoms with E-state index in [0.717, 1.165) is 34.8 Å². The van der Waals surface area contributed by atoms with E-state index < -0.39 is 10.0 Å². The fourth-order valence-electron chi connectivity index (χ4n) is 3.10. The first kappa shape index (κ1) is 18.3. The molecule has 144 valence electrons. The van der Waals surface area contributed by atoms with Crippen LogP contribution in [0.3, 0.4) is 0 Å². The normalized spacial score (nSPS) is 16.1. The second-order valence-corrected chi connectivity index (χ2v) is 9.60. The predicted molar refractivity (Wildman–Crippen MR) is 98.8 cm³/mol. The van der Waals surface area contributed by atoms with Crippen molar-refractivity contribution in [2.24, 2.45) is 0 Å². The second kappa shape index (κ2) is 7.13. The van der Waals surface area contributed by atoms with E-state index in [0.29, 0.717) is 24.8 Å². The van der Waals surface area contributed by atoms with Gasteiger partial charge in [-0.3, -0.25) is 0 Å². The number of rotatable bonds is 5. The molecule has 0 radical (unpaired) electrons. The molecule has 0 bridgehead atoms. The third-order valence-electron chi connectivity index (χ3n) is 4.42. The summed E-state index contributed by atoms with van der Waals surface area (Å²) in [7, 11) is -3.54. The maximum absolute atomic E-state index is 12.7. The fourth-order valence-corrected chi connectivity index (χ4v) is 5.39. The molecule has 0 atom stereocenters. The van der Waals surface area contributed by atoms with Crippen molar-refractivity contribution in [2.45, 2.75) is 44.7 Å². The van der Waals surface area contributed by atoms with Gasteiger partial charge in [0.05, 0.1) is 23.6 Å². The molecule has 0 aliphatic carbocycles. The van der Waals surface area contributed by atoms with Crippen LogP contribution in [-0.4, -0.2) is 50.5 Å². The van der Waals surface area contributed by atoms with Crippen LogP contribution in [0.2, 0.25) is 0 Å². The Kier molecular flexibility index (Phi) is 4.82. The maximum atomic E-state index is 12.7. The average molecular weight is 409 g/mol. The van der Waals surface area contributed by atoms with E-state index >= 15 is 0 Å². The van der Waals surface area contributed by atoms with Crippen molar-refractivity contribution in [1.29, 1.82) is 0 Å². The topological polar surface area (TPSA) is 107 Å². The maximum Gasteiger partial charge on any atom is 0.269 e. The molecule has 1 aliphatic heterocycles. The standard InChI is InChI=1S/C16H20N6O3S2/c1-11-15(26-12(2)18-11)16-19-13(20-25-16)8-21-9-14(17-10-21)27(23,24)22-6-4-3-5-7-22/h9-10H,3-8H2,1-2H3. The molecule has 4 heterocycles. The molecule has 0 aromatic carbocycles. The molecule has 0 amide bonds. The van der Waals surface area contributed by atoms with Crippen molar-refractivity contribution in [3.05, 3.63) is 29.1 Å². The monoisotopic (exact) mass is 408 g/mol. The zero-order valence-electron chi connectivity index (χ0n) is 15.1. The van der Waals surface area contributed by atoms with Crippen molar-refractivity contribution in [3.63, 3.8) is 0 Å². The molecular weight excluding hydrogens is 388 g/mol. The van der Waals surface area contributed by atoms with Crippen molar-refractivity contribution in [1.82, 2.24) is 29.0 Å². The number of sulfonamides is 1. The van der Waals surface area contributed by atoms with E-state index in [4.69, 9.17) is 4.52 Å². The number of aromatic nitrogens is 5. The fraction of sp³-hybridized carbons (Fsp3) is 0.500. The van der Waals surface area contributed by atoms with Gasteiger partial charge in [-0.1, -0.05) is 11.6 Å². The molecule has 0 unspecified atom stereocenters. The summed E-state index contributed by atoms with van der Waals surface area (Å²) < 4.78 is 33.8. The summed E-state index contributed by atoms with van der Waals surface area (Å²) >= 11 is 1.50. The number of thiazole rings is 1. The van der Waals surface area contributed by atoms with Crippen LogP contribution in [0.5, 0.6) is 0 Å². The molecule has 0 N–H and O–H groups in total. The molecule has 1 fully saturated rings. The Morgan fingerprint density at radius 2 is 1.96 bits per heavy atom. The van der Waals surface area contributed by atoms with Gasteiger partial charge in [-0.2, -0.15) is 9.29 Å². The Bertz CT molecular complexity index is 1050. The molecule has 9 nitrogen and oxygen atoms in total. The van der Waals surface area contributed by atoms with Gasteiger partial charge in [-0.15, -0.1) is 11.3 Å². The summed E-state index contributed by atoms with van der Waals surface area (Å²) in [5.74, 6) is 0.879. The van der Waals surface area contributed by atoms with Gasteiger partial charge in [0, 0.05) is 19.3 Å². The Balaban J connectivity index is 1.51. The first-order valence-electron chi connectivity index (χ1n) is 8.72. The highest BCUT2D eigenvalue weighted by atomic mass is 32.2. The zero-order chi connectivity index (χ0) is 19.0. The number of hydrogen-bond acceptors (Lipinski definition) is 8. The predicted octanol–water partition coefficient (Wildman–Crippen LogP) is 2.23. The summed E-state index contributed by atoms with van der Waals surface area (Å²) in [6, 6.07) is 0. The molecule has 1 aliphatic rings. The van der Waals surface area contributed by atoms with E-state index in [9.17, 15) is 8.42 Å². The molecule has 4 rings (SSSR count). The highest BCUT2D eigenvalue weighted by Crippen LogP contribution is 2.28. The highest BCUT2D eigenvalue weighted by molar-refractivity contribution is 7.89. The van der Waals surface area contributed by atoms with Crippen molar-refractivity contribution in [2.75, 3.05) is 13.1 Å². The number of hydrogen-bond donors (Lipinski definition) is 0. The SMILES string of the molecule is Cc1nc(C)c(-c2nc(Cn3cnc(S(=O)(=O)N4CCCCC4)c3)no2)s1. The van der Waals surface area contributed by atoms with Crippen molar-refractivity contribution < 1.29 is 12.9 Å². The minimum absolute atomic E-state index is 0.0574.